The molecule has 0 atom stereocenters. The number of nitrogens with two attached hydrogens (primary N) is 1. The fourth-order valence-corrected chi connectivity index (χ4v) is 3.46. The summed E-state index contributed by atoms with van der Waals surface area (Å²) in [5.41, 5.74) is 8.48. The third-order valence-corrected chi connectivity index (χ3v) is 5.34. The minimum Gasteiger partial charge on any atom is -0.497 e. The van der Waals surface area contributed by atoms with Crippen molar-refractivity contribution < 1.29 is 9.47 Å². The van der Waals surface area contributed by atoms with Crippen LogP contribution >= 0.6 is 0 Å². The Morgan fingerprint density at radius 1 is 0.968 bits per heavy atom. The molecular weight excluding hydrogens is 392 g/mol. The van der Waals surface area contributed by atoms with Gasteiger partial charge in [0.15, 0.2) is 5.65 Å². The number of methoxy groups -OCH3 is 2. The normalized spacial score (nSPS) is 11.1. The van der Waals surface area contributed by atoms with E-state index in [0.29, 0.717) is 28.9 Å². The molecule has 166 valence electrons. The molecule has 3 rings (SSSR count). The predicted molar refractivity (Wildman–Crippen MR) is 126 cm³/mol. The van der Waals surface area contributed by atoms with Crippen molar-refractivity contribution in [3.05, 3.63) is 30.5 Å². The number of hydrogen-bond donors (Lipinski definition) is 2. The average molecular weight is 425 g/mol. The molecule has 0 bridgehead atoms. The molecule has 0 unspecified atom stereocenters. The third-order valence-electron chi connectivity index (χ3n) is 5.34. The van der Waals surface area contributed by atoms with E-state index < -0.39 is 0 Å². The van der Waals surface area contributed by atoms with Gasteiger partial charge in [-0.15, -0.1) is 0 Å². The van der Waals surface area contributed by atoms with E-state index >= 15 is 0 Å². The summed E-state index contributed by atoms with van der Waals surface area (Å²) in [6, 6.07) is 7.56. The van der Waals surface area contributed by atoms with Crippen LogP contribution in [0, 0.1) is 0 Å². The molecule has 0 radical (unpaired) electrons. The number of fused-ring (bicyclic) bond motifs is 1. The van der Waals surface area contributed by atoms with Crippen molar-refractivity contribution in [3.8, 4) is 22.6 Å². The zero-order valence-electron chi connectivity index (χ0n) is 18.8. The van der Waals surface area contributed by atoms with E-state index in [2.05, 4.69) is 39.0 Å². The van der Waals surface area contributed by atoms with Gasteiger partial charge in [0.05, 0.1) is 14.2 Å². The number of aromatic nitrogens is 3. The zero-order chi connectivity index (χ0) is 22.2. The summed E-state index contributed by atoms with van der Waals surface area (Å²) in [5, 5.41) is 4.11. The van der Waals surface area contributed by atoms with Crippen LogP contribution in [0.15, 0.2) is 30.5 Å². The van der Waals surface area contributed by atoms with Gasteiger partial charge < -0.3 is 25.4 Å². The lowest BCUT2D eigenvalue weighted by Gasteiger charge is -2.17. The maximum atomic E-state index is 6.27. The van der Waals surface area contributed by atoms with Gasteiger partial charge >= 0.3 is 0 Å². The molecule has 0 aliphatic heterocycles. The number of benzene rings is 1. The highest BCUT2D eigenvalue weighted by molar-refractivity contribution is 5.87. The topological polar surface area (TPSA) is 98.4 Å². The van der Waals surface area contributed by atoms with Crippen LogP contribution in [-0.2, 0) is 0 Å². The van der Waals surface area contributed by atoms with Gasteiger partial charge in [0, 0.05) is 29.8 Å². The smallest absolute Gasteiger partial charge is 0.224 e. The maximum absolute atomic E-state index is 6.27. The van der Waals surface area contributed by atoms with Crippen molar-refractivity contribution in [1.29, 1.82) is 0 Å². The van der Waals surface area contributed by atoms with E-state index in [1.165, 1.54) is 0 Å². The Labute approximate surface area is 183 Å². The molecule has 0 aliphatic carbocycles. The van der Waals surface area contributed by atoms with Crippen molar-refractivity contribution in [2.75, 3.05) is 51.4 Å². The fraction of sp³-hybridized carbons (Fsp3) is 0.435. The SMILES string of the molecule is CCN(CC)CCCCNc1ncc2cc(-c3cc(OC)cc(OC)c3)c(N)nc2n1. The second kappa shape index (κ2) is 10.8. The third kappa shape index (κ3) is 5.73. The summed E-state index contributed by atoms with van der Waals surface area (Å²) in [4.78, 5) is 15.9. The number of ether oxygens (including phenoxy) is 2. The Hall–Kier alpha value is -3.13. The Bertz CT molecular complexity index is 985. The number of hydrogen-bond acceptors (Lipinski definition) is 8. The number of nitrogen functional groups attached to an aromatic ring is 1. The largest absolute Gasteiger partial charge is 0.497 e. The number of rotatable bonds is 11. The molecule has 3 N–H and O–H groups in total. The van der Waals surface area contributed by atoms with E-state index in [-0.39, 0.29) is 0 Å². The first-order chi connectivity index (χ1) is 15.1. The van der Waals surface area contributed by atoms with Crippen molar-refractivity contribution in [3.63, 3.8) is 0 Å². The van der Waals surface area contributed by atoms with E-state index in [9.17, 15) is 0 Å². The lowest BCUT2D eigenvalue weighted by atomic mass is 10.0. The van der Waals surface area contributed by atoms with Crippen molar-refractivity contribution >= 4 is 22.8 Å². The molecular formula is C23H32N6O2. The van der Waals surface area contributed by atoms with Crippen molar-refractivity contribution in [2.24, 2.45) is 0 Å². The van der Waals surface area contributed by atoms with Gasteiger partial charge in [0.25, 0.3) is 0 Å². The molecule has 0 aliphatic rings. The Morgan fingerprint density at radius 2 is 1.68 bits per heavy atom. The highest BCUT2D eigenvalue weighted by Crippen LogP contribution is 2.33. The molecule has 1 aromatic carbocycles. The van der Waals surface area contributed by atoms with Crippen LogP contribution < -0.4 is 20.5 Å². The van der Waals surface area contributed by atoms with Gasteiger partial charge in [-0.1, -0.05) is 13.8 Å². The molecule has 2 heterocycles. The van der Waals surface area contributed by atoms with Crippen LogP contribution in [0.2, 0.25) is 0 Å². The number of nitrogens with zero attached hydrogens (tertiary/aromatic N) is 4. The van der Waals surface area contributed by atoms with E-state index in [0.717, 1.165) is 55.5 Å². The van der Waals surface area contributed by atoms with Crippen LogP contribution in [0.4, 0.5) is 11.8 Å². The van der Waals surface area contributed by atoms with E-state index in [1.54, 1.807) is 20.4 Å². The van der Waals surface area contributed by atoms with Gasteiger partial charge in [-0.05, 0) is 56.2 Å². The van der Waals surface area contributed by atoms with Gasteiger partial charge in [0.2, 0.25) is 5.95 Å². The number of unbranched alkanes of at least 4 members (excludes halogenated alkanes) is 1. The Kier molecular flexibility index (Phi) is 7.83. The van der Waals surface area contributed by atoms with E-state index in [4.69, 9.17) is 15.2 Å². The average Bonchev–Trinajstić information content (AvgIpc) is 2.80. The van der Waals surface area contributed by atoms with Gasteiger partial charge in [-0.3, -0.25) is 0 Å². The first-order valence-corrected chi connectivity index (χ1v) is 10.7. The summed E-state index contributed by atoms with van der Waals surface area (Å²) < 4.78 is 10.7. The minimum atomic E-state index is 0.395. The summed E-state index contributed by atoms with van der Waals surface area (Å²) in [7, 11) is 3.24. The maximum Gasteiger partial charge on any atom is 0.224 e. The molecule has 2 aromatic heterocycles. The first-order valence-electron chi connectivity index (χ1n) is 10.7. The molecule has 0 saturated heterocycles. The number of pyridine rings is 1. The standard InChI is InChI=1S/C23H32N6O2/c1-5-29(6-2)10-8-7-9-25-23-26-15-17-13-20(21(24)27-22(17)28-23)16-11-18(30-3)14-19(12-16)31-4/h11-15H,5-10H2,1-4H3,(H3,24,25,26,27,28). The Balaban J connectivity index is 1.73. The monoisotopic (exact) mass is 424 g/mol. The molecule has 0 fully saturated rings. The summed E-state index contributed by atoms with van der Waals surface area (Å²) in [6.45, 7) is 8.51. The Morgan fingerprint density at radius 3 is 2.32 bits per heavy atom. The lowest BCUT2D eigenvalue weighted by Crippen LogP contribution is -2.24. The van der Waals surface area contributed by atoms with Crippen LogP contribution in [0.25, 0.3) is 22.2 Å². The number of anilines is 2. The van der Waals surface area contributed by atoms with Crippen LogP contribution in [0.3, 0.4) is 0 Å². The van der Waals surface area contributed by atoms with Crippen molar-refractivity contribution in [2.45, 2.75) is 26.7 Å². The summed E-state index contributed by atoms with van der Waals surface area (Å²) in [6.07, 6.45) is 3.97. The van der Waals surface area contributed by atoms with Gasteiger partial charge in [-0.2, -0.15) is 4.98 Å². The molecule has 0 spiro atoms. The predicted octanol–water partition coefficient (Wildman–Crippen LogP) is 3.83. The van der Waals surface area contributed by atoms with Crippen LogP contribution in [0.1, 0.15) is 26.7 Å². The fourth-order valence-electron chi connectivity index (χ4n) is 3.46. The van der Waals surface area contributed by atoms with Crippen LogP contribution in [-0.4, -0.2) is 60.3 Å². The second-order valence-electron chi connectivity index (χ2n) is 7.29. The summed E-state index contributed by atoms with van der Waals surface area (Å²) >= 11 is 0. The quantitative estimate of drug-likeness (QED) is 0.448. The van der Waals surface area contributed by atoms with Gasteiger partial charge in [0.1, 0.15) is 17.3 Å². The van der Waals surface area contributed by atoms with E-state index in [1.807, 2.05) is 24.3 Å². The van der Waals surface area contributed by atoms with Gasteiger partial charge in [-0.25, -0.2) is 9.97 Å². The first kappa shape index (κ1) is 22.6. The molecule has 0 amide bonds. The zero-order valence-corrected chi connectivity index (χ0v) is 18.8. The number of nitrogens with one attached hydrogen (secondary N) is 1. The highest BCUT2D eigenvalue weighted by atomic mass is 16.5. The molecule has 8 heteroatoms. The van der Waals surface area contributed by atoms with Crippen LogP contribution in [0.5, 0.6) is 11.5 Å². The molecule has 0 saturated carbocycles. The summed E-state index contributed by atoms with van der Waals surface area (Å²) in [5.74, 6) is 2.33. The van der Waals surface area contributed by atoms with Crippen molar-refractivity contribution in [1.82, 2.24) is 19.9 Å². The minimum absolute atomic E-state index is 0.395. The second-order valence-corrected chi connectivity index (χ2v) is 7.29. The highest BCUT2D eigenvalue weighted by Gasteiger charge is 2.12. The molecule has 3 aromatic rings. The lowest BCUT2D eigenvalue weighted by molar-refractivity contribution is 0.298. The molecule has 8 nitrogen and oxygen atoms in total. The molecule has 31 heavy (non-hydrogen) atoms.